The van der Waals surface area contributed by atoms with Crippen LogP contribution in [0.25, 0.3) is 0 Å². The third-order valence-electron chi connectivity index (χ3n) is 15.0. The molecule has 1 unspecified atom stereocenters. The third kappa shape index (κ3) is 66.9. The lowest BCUT2D eigenvalue weighted by atomic mass is 10.0. The largest absolute Gasteiger partial charge is 0.462 e. The Kier molecular flexibility index (Phi) is 66.2. The molecule has 470 valence electrons. The Balaban J connectivity index is 4.27. The fraction of sp³-hybridized carbons (Fsp3) is 0.724. The summed E-state index contributed by atoms with van der Waals surface area (Å²) in [7, 11) is 0. The molecule has 0 aromatic carbocycles. The summed E-state index contributed by atoms with van der Waals surface area (Å²) in [6.45, 7) is 6.37. The van der Waals surface area contributed by atoms with Crippen molar-refractivity contribution in [2.45, 2.75) is 341 Å². The van der Waals surface area contributed by atoms with E-state index in [4.69, 9.17) is 14.2 Å². The van der Waals surface area contributed by atoms with E-state index < -0.39 is 6.10 Å². The van der Waals surface area contributed by atoms with Gasteiger partial charge in [0, 0.05) is 19.3 Å². The molecule has 1 atom stereocenters. The van der Waals surface area contributed by atoms with Gasteiger partial charge in [-0.1, -0.05) is 336 Å². The molecule has 0 radical (unpaired) electrons. The molecule has 0 aliphatic heterocycles. The molecule has 0 heterocycles. The number of rotatable bonds is 63. The maximum Gasteiger partial charge on any atom is 0.306 e. The van der Waals surface area contributed by atoms with E-state index in [1.54, 1.807) is 0 Å². The lowest BCUT2D eigenvalue weighted by Crippen LogP contribution is -2.30. The highest BCUT2D eigenvalue weighted by molar-refractivity contribution is 5.71. The Labute approximate surface area is 508 Å². The Morgan fingerprint density at radius 3 is 0.817 bits per heavy atom. The molecule has 0 aliphatic rings. The second-order valence-corrected chi connectivity index (χ2v) is 23.0. The molecule has 0 spiro atoms. The lowest BCUT2D eigenvalue weighted by Gasteiger charge is -2.18. The molecular weight excluding hydrogens is 1010 g/mol. The molecular formula is C76H130O6. The van der Waals surface area contributed by atoms with Gasteiger partial charge in [-0.3, -0.25) is 14.4 Å². The highest BCUT2D eigenvalue weighted by Crippen LogP contribution is 2.18. The van der Waals surface area contributed by atoms with Crippen LogP contribution in [0.1, 0.15) is 335 Å². The molecule has 82 heavy (non-hydrogen) atoms. The Morgan fingerprint density at radius 2 is 0.500 bits per heavy atom. The van der Waals surface area contributed by atoms with Crippen LogP contribution in [0.4, 0.5) is 0 Å². The zero-order valence-electron chi connectivity index (χ0n) is 54.0. The summed E-state index contributed by atoms with van der Waals surface area (Å²) in [5.41, 5.74) is 0. The second-order valence-electron chi connectivity index (χ2n) is 23.0. The van der Waals surface area contributed by atoms with Gasteiger partial charge < -0.3 is 14.2 Å². The van der Waals surface area contributed by atoms with Gasteiger partial charge in [-0.15, -0.1) is 0 Å². The molecule has 0 rings (SSSR count). The van der Waals surface area contributed by atoms with Gasteiger partial charge in [0.2, 0.25) is 0 Å². The zero-order valence-corrected chi connectivity index (χ0v) is 54.0. The van der Waals surface area contributed by atoms with Crippen molar-refractivity contribution >= 4 is 17.9 Å². The highest BCUT2D eigenvalue weighted by Gasteiger charge is 2.19. The van der Waals surface area contributed by atoms with Gasteiger partial charge in [0.25, 0.3) is 0 Å². The van der Waals surface area contributed by atoms with Crippen LogP contribution >= 0.6 is 0 Å². The average Bonchev–Trinajstić information content (AvgIpc) is 3.47. The number of unbranched alkanes of at least 4 members (excludes halogenated alkanes) is 34. The Hall–Kier alpha value is -3.93. The SMILES string of the molecule is CC/C=C\C/C=C\C/C=C\C/C=C\C/C=C\CCCCCCCC(=O)OC(COC(=O)CC/C=C\C/C=C\C/C=C\C/C=C\CC)COC(=O)CCCCCCCCCCCCCCCCCCCCCCCCCCCCCCCC. The van der Waals surface area contributed by atoms with Crippen LogP contribution in [-0.2, 0) is 28.6 Å². The van der Waals surface area contributed by atoms with Crippen LogP contribution in [0.2, 0.25) is 0 Å². The first-order chi connectivity index (χ1) is 40.5. The normalized spacial score (nSPS) is 12.8. The summed E-state index contributed by atoms with van der Waals surface area (Å²) in [4.78, 5) is 38.3. The first kappa shape index (κ1) is 78.1. The fourth-order valence-electron chi connectivity index (χ4n) is 9.90. The molecule has 0 amide bonds. The molecule has 0 aromatic heterocycles. The molecule has 6 heteroatoms. The van der Waals surface area contributed by atoms with Gasteiger partial charge in [-0.05, 0) is 89.9 Å². The topological polar surface area (TPSA) is 78.9 Å². The Bertz CT molecular complexity index is 1640. The van der Waals surface area contributed by atoms with Gasteiger partial charge in [-0.25, -0.2) is 0 Å². The first-order valence-corrected chi connectivity index (χ1v) is 34.9. The van der Waals surface area contributed by atoms with Crippen LogP contribution in [0, 0.1) is 0 Å². The monoisotopic (exact) mass is 1140 g/mol. The van der Waals surface area contributed by atoms with Crippen molar-refractivity contribution in [2.75, 3.05) is 13.2 Å². The second kappa shape index (κ2) is 69.6. The number of carbonyl (C=O) groups is 3. The molecule has 0 saturated carbocycles. The molecule has 0 saturated heterocycles. The van der Waals surface area contributed by atoms with Crippen molar-refractivity contribution in [1.29, 1.82) is 0 Å². The summed E-state index contributed by atoms with van der Waals surface area (Å²) in [6, 6.07) is 0. The van der Waals surface area contributed by atoms with Crippen molar-refractivity contribution in [3.8, 4) is 0 Å². The van der Waals surface area contributed by atoms with E-state index in [1.807, 2.05) is 6.08 Å². The van der Waals surface area contributed by atoms with Crippen molar-refractivity contribution < 1.29 is 28.6 Å². The van der Waals surface area contributed by atoms with E-state index in [1.165, 1.54) is 173 Å². The van der Waals surface area contributed by atoms with Crippen molar-refractivity contribution in [3.63, 3.8) is 0 Å². The predicted octanol–water partition coefficient (Wildman–Crippen LogP) is 24.2. The van der Waals surface area contributed by atoms with E-state index in [0.717, 1.165) is 116 Å². The maximum atomic E-state index is 12.9. The summed E-state index contributed by atoms with van der Waals surface area (Å²) in [5, 5.41) is 0. The van der Waals surface area contributed by atoms with Gasteiger partial charge in [0.1, 0.15) is 13.2 Å². The van der Waals surface area contributed by atoms with Gasteiger partial charge >= 0.3 is 17.9 Å². The maximum absolute atomic E-state index is 12.9. The molecule has 6 nitrogen and oxygen atoms in total. The smallest absolute Gasteiger partial charge is 0.306 e. The minimum absolute atomic E-state index is 0.107. The lowest BCUT2D eigenvalue weighted by molar-refractivity contribution is -0.166. The summed E-state index contributed by atoms with van der Waals surface area (Å²) in [6.07, 6.45) is 95.8. The summed E-state index contributed by atoms with van der Waals surface area (Å²) >= 11 is 0. The van der Waals surface area contributed by atoms with Crippen LogP contribution in [0.3, 0.4) is 0 Å². The molecule has 0 bridgehead atoms. The van der Waals surface area contributed by atoms with Crippen LogP contribution in [0.15, 0.2) is 109 Å². The predicted molar refractivity (Wildman–Crippen MR) is 357 cm³/mol. The number of ether oxygens (including phenoxy) is 3. The van der Waals surface area contributed by atoms with Crippen molar-refractivity contribution in [1.82, 2.24) is 0 Å². The first-order valence-electron chi connectivity index (χ1n) is 34.9. The van der Waals surface area contributed by atoms with E-state index in [9.17, 15) is 14.4 Å². The molecule has 0 aromatic rings. The fourth-order valence-corrected chi connectivity index (χ4v) is 9.90. The van der Waals surface area contributed by atoms with E-state index >= 15 is 0 Å². The quantitative estimate of drug-likeness (QED) is 0.0261. The number of carbonyl (C=O) groups excluding carboxylic acids is 3. The van der Waals surface area contributed by atoms with Crippen molar-refractivity contribution in [3.05, 3.63) is 109 Å². The van der Waals surface area contributed by atoms with Gasteiger partial charge in [-0.2, -0.15) is 0 Å². The van der Waals surface area contributed by atoms with Crippen LogP contribution < -0.4 is 0 Å². The molecule has 0 N–H and O–H groups in total. The van der Waals surface area contributed by atoms with E-state index in [0.29, 0.717) is 19.3 Å². The number of allylic oxidation sites excluding steroid dienone is 18. The zero-order chi connectivity index (χ0) is 59.2. The standard InChI is InChI=1S/C76H130O6/c1-4-7-10-13-16-19-22-25-27-29-31-33-34-35-36-37-38-39-40-41-43-44-46-48-51-54-57-60-63-66-69-75(78)81-72-73(71-80-74(77)68-65-62-59-56-53-50-24-21-18-15-12-9-6-3)82-76(79)70-67-64-61-58-55-52-49-47-45-42-32-30-28-26-23-20-17-14-11-8-5-2/h8-9,11-12,17-18,20-21,26,28,32,42,47,49-50,53,59,62,73H,4-7,10,13-16,19,22-25,27,29-31,33-41,43-46,48,51-52,54-58,60-61,63-72H2,1-3H3/b11-8-,12-9-,20-17-,21-18-,28-26-,42-32-,49-47-,53-50-,62-59-. The number of esters is 3. The van der Waals surface area contributed by atoms with E-state index in [2.05, 4.69) is 124 Å². The number of hydrogen-bond acceptors (Lipinski definition) is 6. The Morgan fingerprint density at radius 1 is 0.256 bits per heavy atom. The van der Waals surface area contributed by atoms with Gasteiger partial charge in [0.05, 0.1) is 0 Å². The minimum Gasteiger partial charge on any atom is -0.462 e. The van der Waals surface area contributed by atoms with Crippen molar-refractivity contribution in [2.24, 2.45) is 0 Å². The minimum atomic E-state index is -0.820. The van der Waals surface area contributed by atoms with Crippen LogP contribution in [-0.4, -0.2) is 37.2 Å². The summed E-state index contributed by atoms with van der Waals surface area (Å²) in [5.74, 6) is -1.00. The molecule has 0 aliphatic carbocycles. The van der Waals surface area contributed by atoms with E-state index in [-0.39, 0.29) is 37.5 Å². The number of hydrogen-bond donors (Lipinski definition) is 0. The summed E-state index contributed by atoms with van der Waals surface area (Å²) < 4.78 is 16.9. The average molecular weight is 1140 g/mol. The molecule has 0 fully saturated rings. The third-order valence-corrected chi connectivity index (χ3v) is 15.0. The van der Waals surface area contributed by atoms with Gasteiger partial charge in [0.15, 0.2) is 6.10 Å². The highest BCUT2D eigenvalue weighted by atomic mass is 16.6. The van der Waals surface area contributed by atoms with Crippen LogP contribution in [0.5, 0.6) is 0 Å².